The first kappa shape index (κ1) is 22.8. The van der Waals surface area contributed by atoms with Crippen molar-refractivity contribution < 1.29 is 39.7 Å². The molecular formula is C20H15Cl2LiN2O4. The molecule has 0 spiro atoms. The van der Waals surface area contributed by atoms with E-state index in [9.17, 15) is 14.7 Å². The Morgan fingerprint density at radius 1 is 1.10 bits per heavy atom. The number of halogens is 2. The Bertz CT molecular complexity index is 1040. The Balaban J connectivity index is 0.00000225. The minimum absolute atomic E-state index is 0. The molecule has 0 unspecified atom stereocenters. The van der Waals surface area contributed by atoms with Crippen LogP contribution in [0.1, 0.15) is 27.7 Å². The fourth-order valence-corrected chi connectivity index (χ4v) is 2.91. The van der Waals surface area contributed by atoms with Crippen LogP contribution in [0.2, 0.25) is 10.0 Å². The third kappa shape index (κ3) is 5.99. The molecule has 144 valence electrons. The van der Waals surface area contributed by atoms with Crippen LogP contribution in [-0.2, 0) is 6.61 Å². The molecule has 0 aliphatic carbocycles. The first-order valence-electron chi connectivity index (χ1n) is 8.09. The summed E-state index contributed by atoms with van der Waals surface area (Å²) in [6, 6.07) is 12.4. The average molecular weight is 425 g/mol. The number of hydrogen-bond acceptors (Lipinski definition) is 4. The molecule has 1 heterocycles. The molecule has 0 atom stereocenters. The number of carbonyl (C=O) groups is 2. The van der Waals surface area contributed by atoms with Gasteiger partial charge in [0.1, 0.15) is 12.4 Å². The molecule has 3 aromatic rings. The second kappa shape index (κ2) is 10.3. The van der Waals surface area contributed by atoms with E-state index in [-0.39, 0.29) is 48.7 Å². The molecule has 29 heavy (non-hydrogen) atoms. The molecule has 0 saturated carbocycles. The zero-order valence-corrected chi connectivity index (χ0v) is 16.9. The molecule has 2 aromatic carbocycles. The summed E-state index contributed by atoms with van der Waals surface area (Å²) in [7, 11) is 0. The topological polar surface area (TPSA) is 88.5 Å². The van der Waals surface area contributed by atoms with E-state index in [4.69, 9.17) is 27.9 Å². The van der Waals surface area contributed by atoms with E-state index in [0.717, 1.165) is 5.56 Å². The van der Waals surface area contributed by atoms with E-state index >= 15 is 0 Å². The van der Waals surface area contributed by atoms with Crippen LogP contribution in [0.15, 0.2) is 60.9 Å². The number of aromatic nitrogens is 1. The summed E-state index contributed by atoms with van der Waals surface area (Å²) >= 11 is 11.9. The van der Waals surface area contributed by atoms with Crippen molar-refractivity contribution in [3.8, 4) is 5.75 Å². The van der Waals surface area contributed by atoms with Crippen molar-refractivity contribution in [2.24, 2.45) is 0 Å². The maximum atomic E-state index is 12.4. The van der Waals surface area contributed by atoms with Crippen LogP contribution in [0.4, 0.5) is 5.69 Å². The van der Waals surface area contributed by atoms with Crippen LogP contribution in [0.25, 0.3) is 0 Å². The number of carboxylic acid groups (broad SMARTS) is 1. The number of pyridine rings is 1. The van der Waals surface area contributed by atoms with Gasteiger partial charge in [0.25, 0.3) is 5.91 Å². The number of nitrogens with one attached hydrogen (secondary N) is 1. The smallest absolute Gasteiger partial charge is 1.00 e. The summed E-state index contributed by atoms with van der Waals surface area (Å²) in [6.07, 6.45) is 3.30. The Hall–Kier alpha value is -2.49. The predicted octanol–water partition coefficient (Wildman–Crippen LogP) is 2.03. The van der Waals surface area contributed by atoms with E-state index in [1.807, 2.05) is 6.07 Å². The van der Waals surface area contributed by atoms with Gasteiger partial charge in [-0.15, -0.1) is 0 Å². The van der Waals surface area contributed by atoms with Crippen molar-refractivity contribution in [3.63, 3.8) is 0 Å². The SMILES string of the molecule is O=C(Nc1ccc(OCc2cccnc2)cc1C(=O)O)c1ccc(Cl)cc1Cl.[H-].[Li+]. The van der Waals surface area contributed by atoms with Gasteiger partial charge in [0.2, 0.25) is 0 Å². The van der Waals surface area contributed by atoms with E-state index in [1.165, 1.54) is 30.3 Å². The minimum atomic E-state index is -1.20. The van der Waals surface area contributed by atoms with Gasteiger partial charge < -0.3 is 16.6 Å². The molecule has 0 aliphatic heterocycles. The molecule has 9 heteroatoms. The van der Waals surface area contributed by atoms with Crippen LogP contribution in [0.5, 0.6) is 5.75 Å². The third-order valence-corrected chi connectivity index (χ3v) is 4.32. The van der Waals surface area contributed by atoms with E-state index in [1.54, 1.807) is 24.5 Å². The first-order chi connectivity index (χ1) is 13.4. The number of nitrogens with zero attached hydrogens (tertiary/aromatic N) is 1. The Labute approximate surface area is 190 Å². The van der Waals surface area contributed by atoms with Crippen LogP contribution in [0, 0.1) is 0 Å². The number of hydrogen-bond donors (Lipinski definition) is 2. The summed E-state index contributed by atoms with van der Waals surface area (Å²) < 4.78 is 5.61. The van der Waals surface area contributed by atoms with Crippen molar-refractivity contribution in [2.45, 2.75) is 6.61 Å². The van der Waals surface area contributed by atoms with Crippen molar-refractivity contribution >= 4 is 40.8 Å². The van der Waals surface area contributed by atoms with Gasteiger partial charge >= 0.3 is 24.8 Å². The number of aromatic carboxylic acids is 1. The Kier molecular flexibility index (Phi) is 8.12. The van der Waals surface area contributed by atoms with Gasteiger partial charge in [-0.05, 0) is 42.5 Å². The second-order valence-electron chi connectivity index (χ2n) is 5.74. The van der Waals surface area contributed by atoms with E-state index in [0.29, 0.717) is 10.8 Å². The van der Waals surface area contributed by atoms with Crippen LogP contribution < -0.4 is 28.9 Å². The molecule has 2 N–H and O–H groups in total. The molecule has 6 nitrogen and oxygen atoms in total. The Morgan fingerprint density at radius 3 is 2.55 bits per heavy atom. The summed E-state index contributed by atoms with van der Waals surface area (Å²) in [5.74, 6) is -1.40. The zero-order valence-electron chi connectivity index (χ0n) is 16.4. The van der Waals surface area contributed by atoms with Crippen LogP contribution in [-0.4, -0.2) is 22.0 Å². The molecule has 0 saturated heterocycles. The monoisotopic (exact) mass is 424 g/mol. The number of ether oxygens (including phenoxy) is 1. The minimum Gasteiger partial charge on any atom is -1.00 e. The van der Waals surface area contributed by atoms with Crippen molar-refractivity contribution in [1.82, 2.24) is 4.98 Å². The number of carboxylic acids is 1. The molecular weight excluding hydrogens is 410 g/mol. The fourth-order valence-electron chi connectivity index (χ4n) is 2.41. The average Bonchev–Trinajstić information content (AvgIpc) is 2.67. The van der Waals surface area contributed by atoms with Crippen molar-refractivity contribution in [3.05, 3.63) is 87.7 Å². The molecule has 0 bridgehead atoms. The van der Waals surface area contributed by atoms with Gasteiger partial charge in [0.15, 0.2) is 0 Å². The van der Waals surface area contributed by atoms with Gasteiger partial charge in [0, 0.05) is 23.0 Å². The number of benzene rings is 2. The maximum Gasteiger partial charge on any atom is 1.00 e. The normalized spacial score (nSPS) is 10.0. The van der Waals surface area contributed by atoms with Crippen molar-refractivity contribution in [2.75, 3.05) is 5.32 Å². The quantitative estimate of drug-likeness (QED) is 0.591. The number of anilines is 1. The summed E-state index contributed by atoms with van der Waals surface area (Å²) in [5, 5.41) is 12.6. The molecule has 0 fully saturated rings. The van der Waals surface area contributed by atoms with Crippen molar-refractivity contribution in [1.29, 1.82) is 0 Å². The van der Waals surface area contributed by atoms with Gasteiger partial charge in [-0.3, -0.25) is 9.78 Å². The van der Waals surface area contributed by atoms with E-state index < -0.39 is 11.9 Å². The predicted molar refractivity (Wildman–Crippen MR) is 107 cm³/mol. The second-order valence-corrected chi connectivity index (χ2v) is 6.58. The van der Waals surface area contributed by atoms with Gasteiger partial charge in [-0.1, -0.05) is 29.3 Å². The van der Waals surface area contributed by atoms with Gasteiger partial charge in [0.05, 0.1) is 21.8 Å². The maximum absolute atomic E-state index is 12.4. The molecule has 0 radical (unpaired) electrons. The van der Waals surface area contributed by atoms with Crippen LogP contribution >= 0.6 is 23.2 Å². The first-order valence-corrected chi connectivity index (χ1v) is 8.85. The van der Waals surface area contributed by atoms with E-state index in [2.05, 4.69) is 10.3 Å². The standard InChI is InChI=1S/C20H14Cl2N2O4.Li.H/c21-13-3-5-15(17(22)8-13)19(25)24-18-6-4-14(9-16(18)20(26)27)28-11-12-2-1-7-23-10-12;;/h1-10H,11H2,(H,24,25)(H,26,27);;/q;+1;-1. The number of rotatable bonds is 6. The molecule has 3 rings (SSSR count). The summed E-state index contributed by atoms with van der Waals surface area (Å²) in [4.78, 5) is 28.1. The molecule has 0 aliphatic rings. The third-order valence-electron chi connectivity index (χ3n) is 3.77. The summed E-state index contributed by atoms with van der Waals surface area (Å²) in [5.41, 5.74) is 1.04. The molecule has 1 aromatic heterocycles. The zero-order chi connectivity index (χ0) is 20.1. The fraction of sp³-hybridized carbons (Fsp3) is 0.0500. The largest absolute Gasteiger partial charge is 1.00 e. The van der Waals surface area contributed by atoms with Gasteiger partial charge in [-0.2, -0.15) is 0 Å². The number of carbonyl (C=O) groups excluding carboxylic acids is 1. The number of amides is 1. The summed E-state index contributed by atoms with van der Waals surface area (Å²) in [6.45, 7) is 0.235. The molecule has 1 amide bonds. The van der Waals surface area contributed by atoms with Crippen LogP contribution in [0.3, 0.4) is 0 Å². The Morgan fingerprint density at radius 2 is 1.90 bits per heavy atom. The van der Waals surface area contributed by atoms with Gasteiger partial charge in [-0.25, -0.2) is 4.79 Å².